The van der Waals surface area contributed by atoms with Crippen molar-refractivity contribution in [2.45, 2.75) is 32.9 Å². The van der Waals surface area contributed by atoms with Crippen LogP contribution < -0.4 is 10.2 Å². The summed E-state index contributed by atoms with van der Waals surface area (Å²) in [5.74, 6) is 0.873. The molecule has 3 aromatic rings. The van der Waals surface area contributed by atoms with Crippen LogP contribution in [0.5, 0.6) is 0 Å². The van der Waals surface area contributed by atoms with E-state index in [4.69, 9.17) is 0 Å². The molecule has 0 saturated carbocycles. The maximum absolute atomic E-state index is 13.3. The molecule has 1 saturated heterocycles. The van der Waals surface area contributed by atoms with E-state index in [1.54, 1.807) is 6.92 Å². The first-order chi connectivity index (χ1) is 14.3. The largest absolute Gasteiger partial charge is 0.418 e. The van der Waals surface area contributed by atoms with Gasteiger partial charge in [0.15, 0.2) is 0 Å². The van der Waals surface area contributed by atoms with Crippen LogP contribution in [0.2, 0.25) is 0 Å². The second-order valence-corrected chi connectivity index (χ2v) is 8.60. The lowest BCUT2D eigenvalue weighted by atomic mass is 9.99. The first-order valence-electron chi connectivity index (χ1n) is 9.72. The number of fused-ring (bicyclic) bond motifs is 1. The predicted molar refractivity (Wildman–Crippen MR) is 112 cm³/mol. The van der Waals surface area contributed by atoms with E-state index in [2.05, 4.69) is 27.1 Å². The van der Waals surface area contributed by atoms with E-state index < -0.39 is 17.6 Å². The number of thiophene rings is 1. The summed E-state index contributed by atoms with van der Waals surface area (Å²) in [4.78, 5) is 24.8. The Labute approximate surface area is 175 Å². The predicted octanol–water partition coefficient (Wildman–Crippen LogP) is 5.51. The van der Waals surface area contributed by atoms with Crippen molar-refractivity contribution in [2.24, 2.45) is 5.92 Å². The molecular weight excluding hydrogens is 413 g/mol. The quantitative estimate of drug-likeness (QED) is 0.591. The van der Waals surface area contributed by atoms with Gasteiger partial charge in [-0.25, -0.2) is 9.97 Å². The Morgan fingerprint density at radius 3 is 2.60 bits per heavy atom. The van der Waals surface area contributed by atoms with Crippen molar-refractivity contribution < 1.29 is 18.0 Å². The number of aryl methyl sites for hydroxylation is 1. The van der Waals surface area contributed by atoms with Crippen molar-refractivity contribution in [3.8, 4) is 0 Å². The van der Waals surface area contributed by atoms with Gasteiger partial charge in [0.1, 0.15) is 17.0 Å². The molecule has 5 nitrogen and oxygen atoms in total. The van der Waals surface area contributed by atoms with Crippen LogP contribution in [0, 0.1) is 12.8 Å². The molecule has 0 radical (unpaired) electrons. The number of para-hydroxylation sites is 1. The average Bonchev–Trinajstić information content (AvgIpc) is 3.05. The lowest BCUT2D eigenvalue weighted by molar-refractivity contribution is -0.136. The molecule has 0 aliphatic carbocycles. The van der Waals surface area contributed by atoms with Crippen LogP contribution in [0.3, 0.4) is 0 Å². The van der Waals surface area contributed by atoms with E-state index >= 15 is 0 Å². The smallest absolute Gasteiger partial charge is 0.356 e. The van der Waals surface area contributed by atoms with Gasteiger partial charge in [0.25, 0.3) is 5.91 Å². The Bertz CT molecular complexity index is 1090. The summed E-state index contributed by atoms with van der Waals surface area (Å²) >= 11 is 1.17. The zero-order valence-electron chi connectivity index (χ0n) is 16.6. The Hall–Kier alpha value is -2.68. The number of carbonyl (C=O) groups excluding carboxylic acids is 1. The van der Waals surface area contributed by atoms with Gasteiger partial charge < -0.3 is 10.2 Å². The first kappa shape index (κ1) is 20.6. The zero-order valence-corrected chi connectivity index (χ0v) is 17.4. The average molecular weight is 434 g/mol. The second kappa shape index (κ2) is 7.86. The number of carbonyl (C=O) groups is 1. The zero-order chi connectivity index (χ0) is 21.5. The molecule has 9 heteroatoms. The molecule has 0 spiro atoms. The molecule has 158 valence electrons. The molecule has 1 aromatic carbocycles. The summed E-state index contributed by atoms with van der Waals surface area (Å²) in [7, 11) is 0. The summed E-state index contributed by atoms with van der Waals surface area (Å²) in [6.45, 7) is 5.78. The highest BCUT2D eigenvalue weighted by Crippen LogP contribution is 2.38. The number of alkyl halides is 3. The molecule has 1 fully saturated rings. The van der Waals surface area contributed by atoms with Gasteiger partial charge in [0.05, 0.1) is 21.5 Å². The molecule has 1 amide bonds. The molecule has 30 heavy (non-hydrogen) atoms. The maximum atomic E-state index is 13.3. The fourth-order valence-corrected chi connectivity index (χ4v) is 4.79. The monoisotopic (exact) mass is 434 g/mol. The van der Waals surface area contributed by atoms with Gasteiger partial charge in [-0.2, -0.15) is 13.2 Å². The summed E-state index contributed by atoms with van der Waals surface area (Å²) in [6.07, 6.45) is -0.943. The highest BCUT2D eigenvalue weighted by atomic mass is 32.1. The fraction of sp³-hybridized carbons (Fsp3) is 0.381. The number of piperidine rings is 1. The minimum atomic E-state index is -4.55. The Kier molecular flexibility index (Phi) is 5.40. The van der Waals surface area contributed by atoms with Crippen LogP contribution in [0.1, 0.15) is 40.6 Å². The van der Waals surface area contributed by atoms with E-state index in [0.717, 1.165) is 43.2 Å². The number of halogens is 3. The molecule has 0 unspecified atom stereocenters. The molecule has 1 aliphatic rings. The molecule has 0 atom stereocenters. The number of amides is 1. The molecule has 1 N–H and O–H groups in total. The normalized spacial score (nSPS) is 15.6. The minimum absolute atomic E-state index is 0.261. The van der Waals surface area contributed by atoms with Crippen molar-refractivity contribution in [1.29, 1.82) is 0 Å². The summed E-state index contributed by atoms with van der Waals surface area (Å²) < 4.78 is 39.8. The van der Waals surface area contributed by atoms with Gasteiger partial charge in [-0.1, -0.05) is 19.1 Å². The van der Waals surface area contributed by atoms with E-state index in [0.29, 0.717) is 21.2 Å². The lowest BCUT2D eigenvalue weighted by Gasteiger charge is -2.31. The lowest BCUT2D eigenvalue weighted by Crippen LogP contribution is -2.33. The van der Waals surface area contributed by atoms with Gasteiger partial charge in [0.2, 0.25) is 0 Å². The van der Waals surface area contributed by atoms with Gasteiger partial charge in [-0.3, -0.25) is 4.79 Å². The minimum Gasteiger partial charge on any atom is -0.356 e. The molecule has 3 heterocycles. The number of nitrogens with zero attached hydrogens (tertiary/aromatic N) is 3. The highest BCUT2D eigenvalue weighted by Gasteiger charge is 2.34. The summed E-state index contributed by atoms with van der Waals surface area (Å²) in [6, 6.07) is 4.96. The number of hydrogen-bond acceptors (Lipinski definition) is 5. The third-order valence-electron chi connectivity index (χ3n) is 5.48. The van der Waals surface area contributed by atoms with Gasteiger partial charge >= 0.3 is 6.18 Å². The SMILES string of the molecule is Cc1c(C(=O)Nc2ccccc2C(F)(F)F)sc2ncnc(N3CCC(C)CC3)c12. The van der Waals surface area contributed by atoms with Crippen LogP contribution in [-0.4, -0.2) is 29.0 Å². The van der Waals surface area contributed by atoms with Crippen molar-refractivity contribution in [3.05, 3.63) is 46.6 Å². The van der Waals surface area contributed by atoms with Crippen LogP contribution in [0.15, 0.2) is 30.6 Å². The Morgan fingerprint density at radius 1 is 1.20 bits per heavy atom. The van der Waals surface area contributed by atoms with Gasteiger partial charge in [-0.05, 0) is 43.4 Å². The Balaban J connectivity index is 1.68. The van der Waals surface area contributed by atoms with E-state index in [1.807, 2.05) is 0 Å². The highest BCUT2D eigenvalue weighted by molar-refractivity contribution is 7.20. The topological polar surface area (TPSA) is 58.1 Å². The number of nitrogens with one attached hydrogen (secondary N) is 1. The van der Waals surface area contributed by atoms with Crippen molar-refractivity contribution in [2.75, 3.05) is 23.3 Å². The summed E-state index contributed by atoms with van der Waals surface area (Å²) in [5, 5.41) is 3.23. The second-order valence-electron chi connectivity index (χ2n) is 7.60. The van der Waals surface area contributed by atoms with Crippen LogP contribution >= 0.6 is 11.3 Å². The van der Waals surface area contributed by atoms with Crippen molar-refractivity contribution in [1.82, 2.24) is 9.97 Å². The Morgan fingerprint density at radius 2 is 1.90 bits per heavy atom. The van der Waals surface area contributed by atoms with Crippen molar-refractivity contribution >= 4 is 39.0 Å². The number of aromatic nitrogens is 2. The molecule has 4 rings (SSSR count). The molecule has 1 aliphatic heterocycles. The van der Waals surface area contributed by atoms with Crippen molar-refractivity contribution in [3.63, 3.8) is 0 Å². The molecular formula is C21H21F3N4OS. The van der Waals surface area contributed by atoms with E-state index in [-0.39, 0.29) is 5.69 Å². The fourth-order valence-electron chi connectivity index (χ4n) is 3.75. The maximum Gasteiger partial charge on any atom is 0.418 e. The first-order valence-corrected chi connectivity index (χ1v) is 10.5. The van der Waals surface area contributed by atoms with Gasteiger partial charge in [-0.15, -0.1) is 11.3 Å². The third kappa shape index (κ3) is 3.86. The van der Waals surface area contributed by atoms with E-state index in [9.17, 15) is 18.0 Å². The number of benzene rings is 1. The van der Waals surface area contributed by atoms with Crippen LogP contribution in [0.4, 0.5) is 24.7 Å². The van der Waals surface area contributed by atoms with Crippen LogP contribution in [0.25, 0.3) is 10.2 Å². The summed E-state index contributed by atoms with van der Waals surface area (Å²) in [5.41, 5.74) is -0.450. The molecule has 2 aromatic heterocycles. The van der Waals surface area contributed by atoms with Gasteiger partial charge in [0, 0.05) is 13.1 Å². The standard InChI is InChI=1S/C21H21F3N4OS/c1-12-7-9-28(10-8-12)18-16-13(2)17(30-20(16)26-11-25-18)19(29)27-15-6-4-3-5-14(15)21(22,23)24/h3-6,11-12H,7-10H2,1-2H3,(H,27,29). The number of anilines is 2. The third-order valence-corrected chi connectivity index (χ3v) is 6.68. The van der Waals surface area contributed by atoms with Crippen LogP contribution in [-0.2, 0) is 6.18 Å². The number of hydrogen-bond donors (Lipinski definition) is 1. The molecule has 0 bridgehead atoms. The van der Waals surface area contributed by atoms with E-state index in [1.165, 1.54) is 35.9 Å². The number of rotatable bonds is 3.